The van der Waals surface area contributed by atoms with Crippen molar-refractivity contribution < 1.29 is 14.3 Å². The molecule has 2 aromatic rings. The minimum absolute atomic E-state index is 0.121. The fourth-order valence-electron chi connectivity index (χ4n) is 2.90. The Hall–Kier alpha value is -1.98. The van der Waals surface area contributed by atoms with Crippen molar-refractivity contribution in [2.45, 2.75) is 18.6 Å². The van der Waals surface area contributed by atoms with E-state index in [4.69, 9.17) is 27.9 Å². The highest BCUT2D eigenvalue weighted by Gasteiger charge is 2.41. The number of esters is 1. The minimum Gasteiger partial charge on any atom is -0.462 e. The number of rotatable bonds is 5. The predicted octanol–water partition coefficient (Wildman–Crippen LogP) is 5.75. The number of hydrogen-bond acceptors (Lipinski definition) is 5. The molecule has 3 rings (SSSR count). The maximum atomic E-state index is 13.3. The number of benzene rings is 2. The molecule has 1 fully saturated rings. The summed E-state index contributed by atoms with van der Waals surface area (Å²) in [7, 11) is 0. The summed E-state index contributed by atoms with van der Waals surface area (Å²) in [5.74, 6) is -1.02. The zero-order valence-corrected chi connectivity index (χ0v) is 19.6. The molecule has 0 saturated carbocycles. The lowest BCUT2D eigenvalue weighted by Gasteiger charge is -2.18. The summed E-state index contributed by atoms with van der Waals surface area (Å²) < 4.78 is 5.85. The maximum Gasteiger partial charge on any atom is 0.351 e. The van der Waals surface area contributed by atoms with Crippen LogP contribution in [0.4, 0.5) is 5.69 Å². The normalized spacial score (nSPS) is 17.6. The lowest BCUT2D eigenvalue weighted by atomic mass is 10.1. The lowest BCUT2D eigenvalue weighted by Crippen LogP contribution is -2.30. The van der Waals surface area contributed by atoms with Gasteiger partial charge in [-0.25, -0.2) is 4.79 Å². The van der Waals surface area contributed by atoms with Gasteiger partial charge in [-0.2, -0.15) is 5.26 Å². The van der Waals surface area contributed by atoms with Gasteiger partial charge in [0.1, 0.15) is 11.1 Å². The van der Waals surface area contributed by atoms with E-state index in [1.165, 1.54) is 4.90 Å². The van der Waals surface area contributed by atoms with Gasteiger partial charge < -0.3 is 4.74 Å². The molecule has 1 amide bonds. The molecule has 1 atom stereocenters. The van der Waals surface area contributed by atoms with E-state index in [1.807, 2.05) is 6.07 Å². The van der Waals surface area contributed by atoms with Crippen LogP contribution in [0.25, 0.3) is 0 Å². The van der Waals surface area contributed by atoms with Crippen LogP contribution in [0.1, 0.15) is 12.5 Å². The van der Waals surface area contributed by atoms with Crippen molar-refractivity contribution in [3.8, 4) is 6.07 Å². The molecule has 0 bridgehead atoms. The van der Waals surface area contributed by atoms with Crippen LogP contribution in [0.5, 0.6) is 0 Å². The standard InChI is InChI=1S/C21H15BrCl2N2O3S/c1-2-29-21(28)16(11-25)20-26(15-6-3-13(22)4-7-15)19(27)18(30-20)10-12-9-14(23)5-8-17(12)24/h3-9,18H,2,10H2,1H3/b20-16-/t18-/m0/s1. The number of halogens is 3. The van der Waals surface area contributed by atoms with Gasteiger partial charge >= 0.3 is 5.97 Å². The summed E-state index contributed by atoms with van der Waals surface area (Å²) in [6, 6.07) is 14.0. The van der Waals surface area contributed by atoms with Crippen molar-refractivity contribution in [1.82, 2.24) is 0 Å². The van der Waals surface area contributed by atoms with Crippen LogP contribution in [0, 0.1) is 11.3 Å². The van der Waals surface area contributed by atoms with Gasteiger partial charge in [0.05, 0.1) is 11.9 Å². The second-order valence-electron chi connectivity index (χ2n) is 6.21. The predicted molar refractivity (Wildman–Crippen MR) is 122 cm³/mol. The Kier molecular flexibility index (Phi) is 7.48. The van der Waals surface area contributed by atoms with E-state index in [2.05, 4.69) is 15.9 Å². The number of nitriles is 1. The molecule has 2 aromatic carbocycles. The van der Waals surface area contributed by atoms with Gasteiger partial charge in [0.2, 0.25) is 5.91 Å². The van der Waals surface area contributed by atoms with Gasteiger partial charge in [-0.1, -0.05) is 50.9 Å². The van der Waals surface area contributed by atoms with Crippen LogP contribution in [-0.2, 0) is 20.7 Å². The zero-order chi connectivity index (χ0) is 21.8. The molecular formula is C21H15BrCl2N2O3S. The topological polar surface area (TPSA) is 70.4 Å². The van der Waals surface area contributed by atoms with E-state index in [-0.39, 0.29) is 23.1 Å². The molecule has 0 N–H and O–H groups in total. The van der Waals surface area contributed by atoms with Gasteiger partial charge in [0.15, 0.2) is 5.57 Å². The van der Waals surface area contributed by atoms with Crippen molar-refractivity contribution >= 4 is 68.5 Å². The van der Waals surface area contributed by atoms with Gasteiger partial charge in [0, 0.05) is 20.2 Å². The smallest absolute Gasteiger partial charge is 0.351 e. The molecule has 1 aliphatic rings. The van der Waals surface area contributed by atoms with Crippen molar-refractivity contribution in [3.63, 3.8) is 0 Å². The molecule has 30 heavy (non-hydrogen) atoms. The van der Waals surface area contributed by atoms with Crippen LogP contribution in [0.2, 0.25) is 10.0 Å². The zero-order valence-electron chi connectivity index (χ0n) is 15.7. The molecule has 1 heterocycles. The first-order valence-electron chi connectivity index (χ1n) is 8.87. The minimum atomic E-state index is -0.765. The Morgan fingerprint density at radius 2 is 1.97 bits per heavy atom. The SMILES string of the molecule is CCOC(=O)/C(C#N)=C1\S[C@@H](Cc2cc(Cl)ccc2Cl)C(=O)N1c1ccc(Br)cc1. The van der Waals surface area contributed by atoms with Crippen LogP contribution < -0.4 is 4.90 Å². The van der Waals surface area contributed by atoms with Crippen molar-refractivity contribution in [2.75, 3.05) is 11.5 Å². The number of hydrogen-bond donors (Lipinski definition) is 0. The third-order valence-corrected chi connectivity index (χ3v) is 6.65. The van der Waals surface area contributed by atoms with Gasteiger partial charge in [-0.05, 0) is 61.4 Å². The van der Waals surface area contributed by atoms with E-state index < -0.39 is 11.2 Å². The molecular weight excluding hydrogens is 511 g/mol. The summed E-state index contributed by atoms with van der Waals surface area (Å²) in [5, 5.41) is 10.3. The number of amides is 1. The summed E-state index contributed by atoms with van der Waals surface area (Å²) in [4.78, 5) is 27.1. The molecule has 0 spiro atoms. The van der Waals surface area contributed by atoms with Crippen LogP contribution >= 0.6 is 50.9 Å². The van der Waals surface area contributed by atoms with Crippen molar-refractivity contribution in [1.29, 1.82) is 5.26 Å². The second-order valence-corrected chi connectivity index (χ2v) is 9.16. The lowest BCUT2D eigenvalue weighted by molar-refractivity contribution is -0.138. The molecule has 154 valence electrons. The Morgan fingerprint density at radius 3 is 2.60 bits per heavy atom. The van der Waals surface area contributed by atoms with E-state index in [9.17, 15) is 14.9 Å². The van der Waals surface area contributed by atoms with Crippen LogP contribution in [0.15, 0.2) is 57.5 Å². The fourth-order valence-corrected chi connectivity index (χ4v) is 4.84. The molecule has 0 aromatic heterocycles. The molecule has 0 unspecified atom stereocenters. The Balaban J connectivity index is 2.06. The third-order valence-electron chi connectivity index (χ3n) is 4.26. The van der Waals surface area contributed by atoms with Gasteiger partial charge in [-0.3, -0.25) is 9.69 Å². The Labute approximate surface area is 196 Å². The Bertz CT molecular complexity index is 1070. The number of anilines is 1. The largest absolute Gasteiger partial charge is 0.462 e. The Morgan fingerprint density at radius 1 is 1.27 bits per heavy atom. The first-order chi connectivity index (χ1) is 14.3. The number of carbonyl (C=O) groups is 2. The van der Waals surface area contributed by atoms with Crippen LogP contribution in [0.3, 0.4) is 0 Å². The number of thioether (sulfide) groups is 1. The highest BCUT2D eigenvalue weighted by Crippen LogP contribution is 2.43. The van der Waals surface area contributed by atoms with E-state index in [0.29, 0.717) is 27.7 Å². The highest BCUT2D eigenvalue weighted by atomic mass is 79.9. The van der Waals surface area contributed by atoms with E-state index in [1.54, 1.807) is 49.4 Å². The number of ether oxygens (including phenoxy) is 1. The molecule has 9 heteroatoms. The monoisotopic (exact) mass is 524 g/mol. The molecule has 1 saturated heterocycles. The fraction of sp³-hybridized carbons (Fsp3) is 0.190. The molecule has 0 aliphatic carbocycles. The van der Waals surface area contributed by atoms with Gasteiger partial charge in [0.25, 0.3) is 0 Å². The summed E-state index contributed by atoms with van der Waals surface area (Å²) in [5.41, 5.74) is 1.04. The summed E-state index contributed by atoms with van der Waals surface area (Å²) in [6.45, 7) is 1.77. The molecule has 0 radical (unpaired) electrons. The quantitative estimate of drug-likeness (QED) is 0.282. The maximum absolute atomic E-state index is 13.3. The van der Waals surface area contributed by atoms with E-state index >= 15 is 0 Å². The number of nitrogens with zero attached hydrogens (tertiary/aromatic N) is 2. The first-order valence-corrected chi connectivity index (χ1v) is 11.3. The third kappa shape index (κ3) is 4.84. The second kappa shape index (κ2) is 9.88. The first kappa shape index (κ1) is 22.7. The average molecular weight is 526 g/mol. The van der Waals surface area contributed by atoms with E-state index in [0.717, 1.165) is 16.2 Å². The van der Waals surface area contributed by atoms with Gasteiger partial charge in [-0.15, -0.1) is 0 Å². The number of carbonyl (C=O) groups excluding carboxylic acids is 2. The summed E-state index contributed by atoms with van der Waals surface area (Å²) >= 11 is 16.9. The van der Waals surface area contributed by atoms with Crippen LogP contribution in [-0.4, -0.2) is 23.7 Å². The molecule has 1 aliphatic heterocycles. The average Bonchev–Trinajstić information content (AvgIpc) is 3.02. The summed E-state index contributed by atoms with van der Waals surface area (Å²) in [6.07, 6.45) is 0.293. The van der Waals surface area contributed by atoms with Crippen molar-refractivity contribution in [3.05, 3.63) is 73.1 Å². The van der Waals surface area contributed by atoms with Crippen molar-refractivity contribution in [2.24, 2.45) is 0 Å². The highest BCUT2D eigenvalue weighted by molar-refractivity contribution is 9.10. The molecule has 5 nitrogen and oxygen atoms in total.